The molecule has 5 rings (SSSR count). The van der Waals surface area contributed by atoms with Gasteiger partial charge in [-0.25, -0.2) is 0 Å². The maximum Gasteiger partial charge on any atom is 0.254 e. The first kappa shape index (κ1) is 21.8. The minimum Gasteiger partial charge on any atom is -0.359 e. The minimum atomic E-state index is -0.682. The highest BCUT2D eigenvalue weighted by Gasteiger charge is 2.46. The monoisotopic (exact) mass is 449 g/mol. The molecule has 170 valence electrons. The number of hydrogen-bond donors (Lipinski definition) is 1. The van der Waals surface area contributed by atoms with E-state index in [9.17, 15) is 9.59 Å². The maximum absolute atomic E-state index is 13.6. The van der Waals surface area contributed by atoms with Gasteiger partial charge in [0.25, 0.3) is 5.91 Å². The minimum absolute atomic E-state index is 0.0229. The molecule has 1 fully saturated rings. The van der Waals surface area contributed by atoms with Crippen LogP contribution in [-0.2, 0) is 11.2 Å². The molecule has 0 aliphatic carbocycles. The summed E-state index contributed by atoms with van der Waals surface area (Å²) >= 11 is 0. The highest BCUT2D eigenvalue weighted by molar-refractivity contribution is 6.06. The van der Waals surface area contributed by atoms with Crippen molar-refractivity contribution in [3.8, 4) is 11.1 Å². The van der Waals surface area contributed by atoms with Crippen molar-refractivity contribution >= 4 is 22.7 Å². The zero-order valence-corrected chi connectivity index (χ0v) is 19.2. The first-order valence-corrected chi connectivity index (χ1v) is 11.6. The van der Waals surface area contributed by atoms with E-state index in [0.717, 1.165) is 27.6 Å². The molecule has 1 N–H and O–H groups in total. The summed E-state index contributed by atoms with van der Waals surface area (Å²) in [6.45, 7) is 0.918. The Bertz CT molecular complexity index is 1350. The summed E-state index contributed by atoms with van der Waals surface area (Å²) in [4.78, 5) is 33.0. The van der Waals surface area contributed by atoms with Crippen molar-refractivity contribution < 1.29 is 9.59 Å². The molecule has 0 spiro atoms. The normalized spacial score (nSPS) is 17.6. The Labute approximate surface area is 199 Å². The van der Waals surface area contributed by atoms with Gasteiger partial charge in [-0.3, -0.25) is 14.6 Å². The Balaban J connectivity index is 1.47. The zero-order chi connectivity index (χ0) is 23.5. The Morgan fingerprint density at radius 2 is 1.74 bits per heavy atom. The Kier molecular flexibility index (Phi) is 5.84. The molecule has 34 heavy (non-hydrogen) atoms. The van der Waals surface area contributed by atoms with Gasteiger partial charge in [0.1, 0.15) is 0 Å². The number of pyridine rings is 1. The number of fused-ring (bicyclic) bond motifs is 1. The summed E-state index contributed by atoms with van der Waals surface area (Å²) in [7, 11) is 1.67. The lowest BCUT2D eigenvalue weighted by Crippen LogP contribution is -2.44. The van der Waals surface area contributed by atoms with Crippen LogP contribution in [0.25, 0.3) is 22.0 Å². The fourth-order valence-electron chi connectivity index (χ4n) is 5.12. The van der Waals surface area contributed by atoms with Crippen molar-refractivity contribution in [1.82, 2.24) is 15.2 Å². The molecule has 1 aliphatic heterocycles. The van der Waals surface area contributed by atoms with Gasteiger partial charge in [-0.2, -0.15) is 0 Å². The average molecular weight is 450 g/mol. The third-order valence-corrected chi connectivity index (χ3v) is 6.86. The maximum atomic E-state index is 13.6. The molecule has 3 aromatic carbocycles. The first-order chi connectivity index (χ1) is 16.6. The lowest BCUT2D eigenvalue weighted by Gasteiger charge is -2.29. The summed E-state index contributed by atoms with van der Waals surface area (Å²) < 4.78 is 0. The Morgan fingerprint density at radius 1 is 0.941 bits per heavy atom. The van der Waals surface area contributed by atoms with Crippen LogP contribution in [0, 0.1) is 5.41 Å². The Hall–Kier alpha value is -3.99. The third-order valence-electron chi connectivity index (χ3n) is 6.86. The molecule has 1 atom stereocenters. The number of amides is 2. The van der Waals surface area contributed by atoms with Crippen LogP contribution < -0.4 is 5.32 Å². The van der Waals surface area contributed by atoms with Crippen molar-refractivity contribution in [3.05, 3.63) is 102 Å². The molecule has 4 aromatic rings. The van der Waals surface area contributed by atoms with Gasteiger partial charge in [0.2, 0.25) is 5.91 Å². The van der Waals surface area contributed by atoms with Crippen molar-refractivity contribution in [2.45, 2.75) is 12.8 Å². The molecule has 2 heterocycles. The van der Waals surface area contributed by atoms with Crippen molar-refractivity contribution in [2.75, 3.05) is 20.1 Å². The molecule has 0 bridgehead atoms. The van der Waals surface area contributed by atoms with Crippen LogP contribution in [0.3, 0.4) is 0 Å². The molecule has 2 amide bonds. The fourth-order valence-corrected chi connectivity index (χ4v) is 5.12. The lowest BCUT2D eigenvalue weighted by molar-refractivity contribution is -0.129. The number of carbonyl (C=O) groups is 2. The standard InChI is InChI=1S/C29H27N3O2/c1-30-28(34)29(19-22-11-5-6-12-23(22)21-9-3-2-4-10-21)16-18-32(20-29)27(33)25-13-7-15-26-24(25)14-8-17-31-26/h2-15,17H,16,18-20H2,1H3,(H,30,34). The number of aromatic nitrogens is 1. The lowest BCUT2D eigenvalue weighted by atomic mass is 9.78. The van der Waals surface area contributed by atoms with E-state index in [1.54, 1.807) is 13.2 Å². The van der Waals surface area contributed by atoms with Crippen molar-refractivity contribution in [3.63, 3.8) is 0 Å². The van der Waals surface area contributed by atoms with Crippen LogP contribution in [0.2, 0.25) is 0 Å². The highest BCUT2D eigenvalue weighted by Crippen LogP contribution is 2.38. The molecule has 1 saturated heterocycles. The number of likely N-dealkylation sites (tertiary alicyclic amines) is 1. The quantitative estimate of drug-likeness (QED) is 0.479. The third kappa shape index (κ3) is 3.94. The highest BCUT2D eigenvalue weighted by atomic mass is 16.2. The molecular formula is C29H27N3O2. The second kappa shape index (κ2) is 9.10. The van der Waals surface area contributed by atoms with E-state index in [4.69, 9.17) is 0 Å². The molecule has 1 aromatic heterocycles. The smallest absolute Gasteiger partial charge is 0.254 e. The molecule has 0 saturated carbocycles. The molecule has 1 unspecified atom stereocenters. The van der Waals surface area contributed by atoms with Gasteiger partial charge >= 0.3 is 0 Å². The van der Waals surface area contributed by atoms with Gasteiger partial charge in [-0.15, -0.1) is 0 Å². The van der Waals surface area contributed by atoms with Crippen LogP contribution in [0.4, 0.5) is 0 Å². The summed E-state index contributed by atoms with van der Waals surface area (Å²) in [5.74, 6) is -0.0778. The predicted octanol–water partition coefficient (Wildman–Crippen LogP) is 4.72. The van der Waals surface area contributed by atoms with Gasteiger partial charge in [-0.05, 0) is 47.7 Å². The van der Waals surface area contributed by atoms with Crippen LogP contribution in [0.5, 0.6) is 0 Å². The SMILES string of the molecule is CNC(=O)C1(Cc2ccccc2-c2ccccc2)CCN(C(=O)c2cccc3ncccc23)C1. The predicted molar refractivity (Wildman–Crippen MR) is 134 cm³/mol. The van der Waals surface area contributed by atoms with E-state index >= 15 is 0 Å². The topological polar surface area (TPSA) is 62.3 Å². The molecule has 5 nitrogen and oxygen atoms in total. The van der Waals surface area contributed by atoms with Crippen molar-refractivity contribution in [1.29, 1.82) is 0 Å². The Morgan fingerprint density at radius 3 is 2.56 bits per heavy atom. The van der Waals surface area contributed by atoms with E-state index in [1.165, 1.54) is 0 Å². The molecular weight excluding hydrogens is 422 g/mol. The number of carbonyl (C=O) groups excluding carboxylic acids is 2. The number of benzene rings is 3. The van der Waals surface area contributed by atoms with Gasteiger partial charge in [0, 0.05) is 37.3 Å². The van der Waals surface area contributed by atoms with Gasteiger partial charge < -0.3 is 10.2 Å². The van der Waals surface area contributed by atoms with Crippen LogP contribution in [0.15, 0.2) is 91.1 Å². The van der Waals surface area contributed by atoms with Crippen molar-refractivity contribution in [2.24, 2.45) is 5.41 Å². The number of hydrogen-bond acceptors (Lipinski definition) is 3. The van der Waals surface area contributed by atoms with Gasteiger partial charge in [-0.1, -0.05) is 66.7 Å². The van der Waals surface area contributed by atoms with E-state index < -0.39 is 5.41 Å². The van der Waals surface area contributed by atoms with Crippen LogP contribution in [-0.4, -0.2) is 41.8 Å². The number of nitrogens with one attached hydrogen (secondary N) is 1. The first-order valence-electron chi connectivity index (χ1n) is 11.6. The molecule has 0 radical (unpaired) electrons. The number of rotatable bonds is 5. The molecule has 1 aliphatic rings. The summed E-state index contributed by atoms with van der Waals surface area (Å²) in [5, 5.41) is 3.70. The number of nitrogens with zero attached hydrogens (tertiary/aromatic N) is 2. The van der Waals surface area contributed by atoms with E-state index in [1.807, 2.05) is 65.6 Å². The van der Waals surface area contributed by atoms with Gasteiger partial charge in [0.05, 0.1) is 10.9 Å². The second-order valence-electron chi connectivity index (χ2n) is 8.91. The fraction of sp³-hybridized carbons (Fsp3) is 0.207. The average Bonchev–Trinajstić information content (AvgIpc) is 3.33. The van der Waals surface area contributed by atoms with E-state index in [0.29, 0.717) is 31.5 Å². The summed E-state index contributed by atoms with van der Waals surface area (Å²) in [6.07, 6.45) is 2.91. The largest absolute Gasteiger partial charge is 0.359 e. The second-order valence-corrected chi connectivity index (χ2v) is 8.91. The van der Waals surface area contributed by atoms with Gasteiger partial charge in [0.15, 0.2) is 0 Å². The molecule has 5 heteroatoms. The van der Waals surface area contributed by atoms with Crippen LogP contribution in [0.1, 0.15) is 22.3 Å². The van der Waals surface area contributed by atoms with E-state index in [-0.39, 0.29) is 11.8 Å². The zero-order valence-electron chi connectivity index (χ0n) is 19.2. The van der Waals surface area contributed by atoms with E-state index in [2.05, 4.69) is 34.6 Å². The summed E-state index contributed by atoms with van der Waals surface area (Å²) in [6, 6.07) is 27.8. The summed E-state index contributed by atoms with van der Waals surface area (Å²) in [5.41, 5.74) is 4.10. The van der Waals surface area contributed by atoms with Crippen LogP contribution >= 0.6 is 0 Å².